The third-order valence-electron chi connectivity index (χ3n) is 4.61. The molecule has 0 aliphatic carbocycles. The number of likely N-dealkylation sites (tertiary alicyclic amines) is 1. The van der Waals surface area contributed by atoms with Crippen LogP contribution in [0.3, 0.4) is 0 Å². The summed E-state index contributed by atoms with van der Waals surface area (Å²) < 4.78 is 5.02. The molecule has 0 radical (unpaired) electrons. The molecule has 2 rings (SSSR count). The Bertz CT molecular complexity index is 559. The summed E-state index contributed by atoms with van der Waals surface area (Å²) >= 11 is 0. The Morgan fingerprint density at radius 3 is 2.64 bits per heavy atom. The zero-order chi connectivity index (χ0) is 18.2. The van der Waals surface area contributed by atoms with E-state index in [0.29, 0.717) is 6.61 Å². The molecule has 1 atom stereocenters. The minimum Gasteiger partial charge on any atom is -0.465 e. The van der Waals surface area contributed by atoms with Gasteiger partial charge in [0.05, 0.1) is 12.5 Å². The third-order valence-corrected chi connectivity index (χ3v) is 4.61. The standard InChI is InChI=1S/C20H30N2O3/c1-4-25-19(23)15-22(16(2)3)20(24)18-11-8-12-21(14-18)13-17-9-6-5-7-10-17/h5-7,9-10,16,18H,4,8,11-15H2,1-3H3. The summed E-state index contributed by atoms with van der Waals surface area (Å²) in [5.41, 5.74) is 1.27. The van der Waals surface area contributed by atoms with E-state index in [2.05, 4.69) is 17.0 Å². The van der Waals surface area contributed by atoms with Crippen molar-refractivity contribution in [2.24, 2.45) is 5.92 Å². The molecule has 0 saturated carbocycles. The number of hydrogen-bond donors (Lipinski definition) is 0. The number of benzene rings is 1. The molecule has 1 aromatic carbocycles. The highest BCUT2D eigenvalue weighted by molar-refractivity contribution is 5.84. The van der Waals surface area contributed by atoms with E-state index in [1.165, 1.54) is 5.56 Å². The number of amides is 1. The van der Waals surface area contributed by atoms with Crippen LogP contribution < -0.4 is 0 Å². The lowest BCUT2D eigenvalue weighted by Crippen LogP contribution is -2.48. The fourth-order valence-corrected chi connectivity index (χ4v) is 3.34. The maximum atomic E-state index is 13.0. The minimum absolute atomic E-state index is 0.0126. The van der Waals surface area contributed by atoms with Crippen LogP contribution in [0.25, 0.3) is 0 Å². The summed E-state index contributed by atoms with van der Waals surface area (Å²) in [6.07, 6.45) is 1.89. The summed E-state index contributed by atoms with van der Waals surface area (Å²) in [5, 5.41) is 0. The van der Waals surface area contributed by atoms with Gasteiger partial charge in [0, 0.05) is 19.1 Å². The van der Waals surface area contributed by atoms with E-state index in [0.717, 1.165) is 32.5 Å². The lowest BCUT2D eigenvalue weighted by molar-refractivity contribution is -0.152. The molecule has 0 aromatic heterocycles. The summed E-state index contributed by atoms with van der Waals surface area (Å²) in [6, 6.07) is 10.3. The number of piperidine rings is 1. The van der Waals surface area contributed by atoms with Gasteiger partial charge in [-0.05, 0) is 45.7 Å². The van der Waals surface area contributed by atoms with Crippen LogP contribution in [-0.2, 0) is 20.9 Å². The zero-order valence-electron chi connectivity index (χ0n) is 15.6. The molecule has 5 heteroatoms. The Morgan fingerprint density at radius 1 is 1.28 bits per heavy atom. The van der Waals surface area contributed by atoms with Gasteiger partial charge in [0.15, 0.2) is 0 Å². The second kappa shape index (κ2) is 9.56. The molecular weight excluding hydrogens is 316 g/mol. The lowest BCUT2D eigenvalue weighted by Gasteiger charge is -2.36. The molecule has 0 N–H and O–H groups in total. The van der Waals surface area contributed by atoms with Crippen LogP contribution in [0.4, 0.5) is 0 Å². The maximum Gasteiger partial charge on any atom is 0.325 e. The van der Waals surface area contributed by atoms with Gasteiger partial charge in [-0.25, -0.2) is 0 Å². The Kier molecular flexibility index (Phi) is 7.44. The van der Waals surface area contributed by atoms with Gasteiger partial charge in [-0.15, -0.1) is 0 Å². The van der Waals surface area contributed by atoms with Crippen LogP contribution in [0.5, 0.6) is 0 Å². The lowest BCUT2D eigenvalue weighted by atomic mass is 9.95. The number of nitrogens with zero attached hydrogens (tertiary/aromatic N) is 2. The maximum absolute atomic E-state index is 13.0. The number of carbonyl (C=O) groups is 2. The average Bonchev–Trinajstić information content (AvgIpc) is 2.60. The molecule has 25 heavy (non-hydrogen) atoms. The van der Waals surface area contributed by atoms with E-state index in [1.807, 2.05) is 32.0 Å². The van der Waals surface area contributed by atoms with E-state index < -0.39 is 0 Å². The van der Waals surface area contributed by atoms with Crippen molar-refractivity contribution in [2.45, 2.75) is 46.2 Å². The first-order valence-electron chi connectivity index (χ1n) is 9.23. The largest absolute Gasteiger partial charge is 0.465 e. The van der Waals surface area contributed by atoms with Gasteiger partial charge in [0.25, 0.3) is 0 Å². The van der Waals surface area contributed by atoms with Crippen molar-refractivity contribution in [2.75, 3.05) is 26.2 Å². The van der Waals surface area contributed by atoms with Crippen LogP contribution in [0.1, 0.15) is 39.2 Å². The van der Waals surface area contributed by atoms with E-state index in [4.69, 9.17) is 4.74 Å². The molecule has 0 spiro atoms. The Morgan fingerprint density at radius 2 is 2.00 bits per heavy atom. The average molecular weight is 346 g/mol. The molecule has 5 nitrogen and oxygen atoms in total. The smallest absolute Gasteiger partial charge is 0.325 e. The summed E-state index contributed by atoms with van der Waals surface area (Å²) in [4.78, 5) is 28.8. The van der Waals surface area contributed by atoms with Gasteiger partial charge in [-0.3, -0.25) is 14.5 Å². The molecule has 1 heterocycles. The van der Waals surface area contributed by atoms with Crippen LogP contribution in [0.15, 0.2) is 30.3 Å². The fraction of sp³-hybridized carbons (Fsp3) is 0.600. The highest BCUT2D eigenvalue weighted by atomic mass is 16.5. The highest BCUT2D eigenvalue weighted by Crippen LogP contribution is 2.21. The van der Waals surface area contributed by atoms with E-state index in [9.17, 15) is 9.59 Å². The van der Waals surface area contributed by atoms with Crippen LogP contribution in [-0.4, -0.2) is 54.0 Å². The van der Waals surface area contributed by atoms with E-state index in [-0.39, 0.29) is 30.4 Å². The molecule has 1 saturated heterocycles. The van der Waals surface area contributed by atoms with Crippen molar-refractivity contribution in [3.63, 3.8) is 0 Å². The van der Waals surface area contributed by atoms with Crippen molar-refractivity contribution < 1.29 is 14.3 Å². The molecule has 0 bridgehead atoms. The van der Waals surface area contributed by atoms with Crippen LogP contribution in [0.2, 0.25) is 0 Å². The monoisotopic (exact) mass is 346 g/mol. The Balaban J connectivity index is 1.97. The molecule has 1 aliphatic rings. The summed E-state index contributed by atoms with van der Waals surface area (Å²) in [7, 11) is 0. The third kappa shape index (κ3) is 5.85. The quantitative estimate of drug-likeness (QED) is 0.712. The van der Waals surface area contributed by atoms with Gasteiger partial charge >= 0.3 is 5.97 Å². The highest BCUT2D eigenvalue weighted by Gasteiger charge is 2.31. The molecule has 1 aromatic rings. The van der Waals surface area contributed by atoms with Crippen molar-refractivity contribution in [3.8, 4) is 0 Å². The number of carbonyl (C=O) groups excluding carboxylic acids is 2. The van der Waals surface area contributed by atoms with Gasteiger partial charge < -0.3 is 9.64 Å². The number of hydrogen-bond acceptors (Lipinski definition) is 4. The van der Waals surface area contributed by atoms with Gasteiger partial charge in [-0.1, -0.05) is 30.3 Å². The molecule has 1 fully saturated rings. The van der Waals surface area contributed by atoms with Crippen molar-refractivity contribution in [3.05, 3.63) is 35.9 Å². The predicted molar refractivity (Wildman–Crippen MR) is 97.9 cm³/mol. The number of esters is 1. The molecule has 1 amide bonds. The molecular formula is C20H30N2O3. The zero-order valence-corrected chi connectivity index (χ0v) is 15.6. The van der Waals surface area contributed by atoms with E-state index >= 15 is 0 Å². The normalized spacial score (nSPS) is 18.2. The van der Waals surface area contributed by atoms with Crippen LogP contribution in [0, 0.1) is 5.92 Å². The first kappa shape index (κ1) is 19.4. The van der Waals surface area contributed by atoms with Gasteiger partial charge in [0.1, 0.15) is 6.54 Å². The number of ether oxygens (including phenoxy) is 1. The second-order valence-corrected chi connectivity index (χ2v) is 6.92. The summed E-state index contributed by atoms with van der Waals surface area (Å²) in [6.45, 7) is 8.68. The Hall–Kier alpha value is -1.88. The molecule has 1 unspecified atom stereocenters. The van der Waals surface area contributed by atoms with Gasteiger partial charge in [0.2, 0.25) is 5.91 Å². The Labute approximate surface area is 150 Å². The van der Waals surface area contributed by atoms with Gasteiger partial charge in [-0.2, -0.15) is 0 Å². The van der Waals surface area contributed by atoms with Crippen molar-refractivity contribution in [1.82, 2.24) is 9.80 Å². The summed E-state index contributed by atoms with van der Waals surface area (Å²) in [5.74, 6) is -0.309. The van der Waals surface area contributed by atoms with Crippen molar-refractivity contribution >= 4 is 11.9 Å². The molecule has 1 aliphatic heterocycles. The SMILES string of the molecule is CCOC(=O)CN(C(=O)C1CCCN(Cc2ccccc2)C1)C(C)C. The topological polar surface area (TPSA) is 49.9 Å². The van der Waals surface area contributed by atoms with Crippen LogP contribution >= 0.6 is 0 Å². The minimum atomic E-state index is -0.332. The predicted octanol–water partition coefficient (Wildman–Crippen LogP) is 2.70. The molecule has 138 valence electrons. The van der Waals surface area contributed by atoms with E-state index in [1.54, 1.807) is 11.8 Å². The first-order chi connectivity index (χ1) is 12.0. The van der Waals surface area contributed by atoms with Crippen molar-refractivity contribution in [1.29, 1.82) is 0 Å². The second-order valence-electron chi connectivity index (χ2n) is 6.92. The fourth-order valence-electron chi connectivity index (χ4n) is 3.34. The number of rotatable bonds is 7. The first-order valence-corrected chi connectivity index (χ1v) is 9.23.